The number of amides is 1. The van der Waals surface area contributed by atoms with Crippen molar-refractivity contribution in [2.45, 2.75) is 11.4 Å². The molecule has 1 aliphatic heterocycles. The number of nitrogens with one attached hydrogen (secondary N) is 1. The van der Waals surface area contributed by atoms with Crippen LogP contribution in [0.5, 0.6) is 0 Å². The summed E-state index contributed by atoms with van der Waals surface area (Å²) in [6.45, 7) is 0.915. The number of carbonyl (C=O) groups excluding carboxylic acids is 2. The summed E-state index contributed by atoms with van der Waals surface area (Å²) in [5.41, 5.74) is -0.118. The van der Waals surface area contributed by atoms with Gasteiger partial charge in [-0.2, -0.15) is 4.31 Å². The molecule has 0 spiro atoms. The van der Waals surface area contributed by atoms with E-state index in [1.807, 2.05) is 17.5 Å². The number of halogens is 1. The maximum atomic E-state index is 12.7. The molecule has 1 aromatic carbocycles. The van der Waals surface area contributed by atoms with E-state index < -0.39 is 28.5 Å². The maximum Gasteiger partial charge on any atom is 0.340 e. The van der Waals surface area contributed by atoms with Crippen molar-refractivity contribution in [3.05, 3.63) is 51.2 Å². The summed E-state index contributed by atoms with van der Waals surface area (Å²) in [6.07, 6.45) is 0. The van der Waals surface area contributed by atoms with Crippen LogP contribution in [-0.4, -0.2) is 57.5 Å². The fourth-order valence-corrected chi connectivity index (χ4v) is 4.89. The summed E-state index contributed by atoms with van der Waals surface area (Å²) in [7, 11) is -3.79. The molecule has 0 atom stereocenters. The van der Waals surface area contributed by atoms with Crippen LogP contribution < -0.4 is 5.32 Å². The van der Waals surface area contributed by atoms with Crippen LogP contribution in [0.1, 0.15) is 15.2 Å². The second kappa shape index (κ2) is 9.68. The number of benzene rings is 1. The number of morpholine rings is 1. The molecule has 0 aliphatic carbocycles. The van der Waals surface area contributed by atoms with Crippen LogP contribution in [0.25, 0.3) is 0 Å². The van der Waals surface area contributed by atoms with Gasteiger partial charge in [-0.3, -0.25) is 4.79 Å². The molecule has 2 aromatic rings. The van der Waals surface area contributed by atoms with Crippen molar-refractivity contribution in [2.75, 3.05) is 32.9 Å². The van der Waals surface area contributed by atoms with Crippen molar-refractivity contribution < 1.29 is 27.5 Å². The molecular formula is C18H19ClN2O6S2. The molecule has 1 N–H and O–H groups in total. The number of thiophene rings is 1. The highest BCUT2D eigenvalue weighted by Gasteiger charge is 2.28. The van der Waals surface area contributed by atoms with Crippen LogP contribution in [-0.2, 0) is 30.8 Å². The first kappa shape index (κ1) is 21.7. The van der Waals surface area contributed by atoms with Crippen molar-refractivity contribution >= 4 is 44.8 Å². The van der Waals surface area contributed by atoms with E-state index in [9.17, 15) is 18.0 Å². The molecule has 1 amide bonds. The Kier molecular flexibility index (Phi) is 7.25. The number of sulfonamides is 1. The van der Waals surface area contributed by atoms with Crippen LogP contribution in [0.4, 0.5) is 0 Å². The van der Waals surface area contributed by atoms with Crippen molar-refractivity contribution in [2.24, 2.45) is 0 Å². The molecule has 1 saturated heterocycles. The highest BCUT2D eigenvalue weighted by atomic mass is 35.5. The first-order valence-corrected chi connectivity index (χ1v) is 11.4. The van der Waals surface area contributed by atoms with Gasteiger partial charge in [0, 0.05) is 18.0 Å². The summed E-state index contributed by atoms with van der Waals surface area (Å²) in [4.78, 5) is 25.1. The van der Waals surface area contributed by atoms with Crippen LogP contribution in [0.15, 0.2) is 40.6 Å². The largest absolute Gasteiger partial charge is 0.452 e. The Morgan fingerprint density at radius 2 is 2.00 bits per heavy atom. The Balaban J connectivity index is 1.64. The van der Waals surface area contributed by atoms with Crippen molar-refractivity contribution in [3.63, 3.8) is 0 Å². The summed E-state index contributed by atoms with van der Waals surface area (Å²) in [6, 6.07) is 7.56. The number of ether oxygens (including phenoxy) is 2. The Hall–Kier alpha value is -1.98. The second-order valence-corrected chi connectivity index (χ2v) is 9.47. The average Bonchev–Trinajstić information content (AvgIpc) is 3.25. The third kappa shape index (κ3) is 5.55. The van der Waals surface area contributed by atoms with E-state index in [-0.39, 0.29) is 28.6 Å². The van der Waals surface area contributed by atoms with Gasteiger partial charge in [-0.1, -0.05) is 17.7 Å². The Labute approximate surface area is 177 Å². The molecule has 2 heterocycles. The summed E-state index contributed by atoms with van der Waals surface area (Å²) < 4.78 is 36.9. The fraction of sp³-hybridized carbons (Fsp3) is 0.333. The zero-order chi connectivity index (χ0) is 20.9. The molecule has 0 saturated carbocycles. The smallest absolute Gasteiger partial charge is 0.340 e. The van der Waals surface area contributed by atoms with Gasteiger partial charge >= 0.3 is 5.97 Å². The van der Waals surface area contributed by atoms with Gasteiger partial charge in [0.1, 0.15) is 0 Å². The number of carbonyl (C=O) groups is 2. The minimum Gasteiger partial charge on any atom is -0.452 e. The van der Waals surface area contributed by atoms with E-state index >= 15 is 0 Å². The lowest BCUT2D eigenvalue weighted by Gasteiger charge is -2.26. The standard InChI is InChI=1S/C18H19ClN2O6S2/c19-16-4-3-14(29(24,25)21-5-7-26-8-6-21)10-15(16)18(23)27-12-17(22)20-11-13-2-1-9-28-13/h1-4,9-10H,5-8,11-12H2,(H,20,22). The van der Waals surface area contributed by atoms with Gasteiger partial charge in [0.15, 0.2) is 6.61 Å². The zero-order valence-corrected chi connectivity index (χ0v) is 17.7. The minimum absolute atomic E-state index is 0.0370. The average molecular weight is 459 g/mol. The number of hydrogen-bond acceptors (Lipinski definition) is 7. The van der Waals surface area contributed by atoms with E-state index in [2.05, 4.69) is 5.32 Å². The fourth-order valence-electron chi connectivity index (χ4n) is 2.62. The molecule has 156 valence electrons. The predicted octanol–water partition coefficient (Wildman–Crippen LogP) is 1.90. The molecular weight excluding hydrogens is 440 g/mol. The van der Waals surface area contributed by atoms with Gasteiger partial charge in [0.05, 0.1) is 35.2 Å². The number of esters is 1. The van der Waals surface area contributed by atoms with Gasteiger partial charge in [0.2, 0.25) is 10.0 Å². The van der Waals surface area contributed by atoms with Crippen LogP contribution in [0.2, 0.25) is 5.02 Å². The van der Waals surface area contributed by atoms with Crippen LogP contribution in [0, 0.1) is 0 Å². The molecule has 8 nitrogen and oxygen atoms in total. The van der Waals surface area contributed by atoms with Gasteiger partial charge in [-0.15, -0.1) is 11.3 Å². The van der Waals surface area contributed by atoms with Gasteiger partial charge in [-0.25, -0.2) is 13.2 Å². The quantitative estimate of drug-likeness (QED) is 0.636. The zero-order valence-electron chi connectivity index (χ0n) is 15.3. The molecule has 29 heavy (non-hydrogen) atoms. The maximum absolute atomic E-state index is 12.7. The SMILES string of the molecule is O=C(COC(=O)c1cc(S(=O)(=O)N2CCOCC2)ccc1Cl)NCc1cccs1. The lowest BCUT2D eigenvalue weighted by molar-refractivity contribution is -0.124. The van der Waals surface area contributed by atoms with Crippen LogP contribution >= 0.6 is 22.9 Å². The third-order valence-electron chi connectivity index (χ3n) is 4.14. The Morgan fingerprint density at radius 3 is 2.69 bits per heavy atom. The molecule has 0 bridgehead atoms. The third-order valence-corrected chi connectivity index (χ3v) is 7.24. The highest BCUT2D eigenvalue weighted by Crippen LogP contribution is 2.24. The van der Waals surface area contributed by atoms with Crippen molar-refractivity contribution in [1.29, 1.82) is 0 Å². The molecule has 1 aliphatic rings. The molecule has 11 heteroatoms. The predicted molar refractivity (Wildman–Crippen MR) is 107 cm³/mol. The monoisotopic (exact) mass is 458 g/mol. The summed E-state index contributed by atoms with van der Waals surface area (Å²) in [5, 5.41) is 4.56. The lowest BCUT2D eigenvalue weighted by atomic mass is 10.2. The topological polar surface area (TPSA) is 102 Å². The van der Waals surface area contributed by atoms with Gasteiger partial charge < -0.3 is 14.8 Å². The minimum atomic E-state index is -3.79. The van der Waals surface area contributed by atoms with Crippen LogP contribution in [0.3, 0.4) is 0 Å². The first-order chi connectivity index (χ1) is 13.9. The molecule has 1 aromatic heterocycles. The number of hydrogen-bond donors (Lipinski definition) is 1. The number of nitrogens with zero attached hydrogens (tertiary/aromatic N) is 1. The van der Waals surface area contributed by atoms with Crippen molar-refractivity contribution in [1.82, 2.24) is 9.62 Å². The van der Waals surface area contributed by atoms with E-state index in [0.717, 1.165) is 4.88 Å². The van der Waals surface area contributed by atoms with Gasteiger partial charge in [-0.05, 0) is 29.6 Å². The van der Waals surface area contributed by atoms with E-state index in [1.165, 1.54) is 33.8 Å². The Bertz CT molecular complexity index is 972. The Morgan fingerprint density at radius 1 is 1.24 bits per heavy atom. The highest BCUT2D eigenvalue weighted by molar-refractivity contribution is 7.89. The summed E-state index contributed by atoms with van der Waals surface area (Å²) in [5.74, 6) is -1.35. The second-order valence-electron chi connectivity index (χ2n) is 6.09. The molecule has 3 rings (SSSR count). The van der Waals surface area contributed by atoms with E-state index in [4.69, 9.17) is 21.1 Å². The normalized spacial score (nSPS) is 15.1. The molecule has 1 fully saturated rings. The van der Waals surface area contributed by atoms with E-state index in [0.29, 0.717) is 19.8 Å². The first-order valence-electron chi connectivity index (χ1n) is 8.71. The number of rotatable bonds is 7. The molecule has 0 radical (unpaired) electrons. The lowest BCUT2D eigenvalue weighted by Crippen LogP contribution is -2.40. The molecule has 0 unspecified atom stereocenters. The summed E-state index contributed by atoms with van der Waals surface area (Å²) >= 11 is 7.54. The van der Waals surface area contributed by atoms with Gasteiger partial charge in [0.25, 0.3) is 5.91 Å². The van der Waals surface area contributed by atoms with E-state index in [1.54, 1.807) is 0 Å². The van der Waals surface area contributed by atoms with Crippen molar-refractivity contribution in [3.8, 4) is 0 Å².